The van der Waals surface area contributed by atoms with Crippen LogP contribution >= 0.6 is 0 Å². The molecule has 3 N–H and O–H groups in total. The summed E-state index contributed by atoms with van der Waals surface area (Å²) < 4.78 is 12.8. The van der Waals surface area contributed by atoms with Gasteiger partial charge in [-0.1, -0.05) is 29.8 Å². The number of benzene rings is 1. The second-order valence-electron chi connectivity index (χ2n) is 4.31. The van der Waals surface area contributed by atoms with Crippen molar-refractivity contribution in [2.75, 3.05) is 0 Å². The van der Waals surface area contributed by atoms with Gasteiger partial charge in [-0.3, -0.25) is 16.3 Å². The molecule has 4 heteroatoms. The molecule has 0 bridgehead atoms. The molecule has 1 aromatic carbocycles. The monoisotopic (exact) mass is 245 g/mol. The lowest BCUT2D eigenvalue weighted by Gasteiger charge is -2.15. The Morgan fingerprint density at radius 2 is 1.94 bits per heavy atom. The van der Waals surface area contributed by atoms with Gasteiger partial charge in [-0.2, -0.15) is 0 Å². The van der Waals surface area contributed by atoms with Crippen molar-refractivity contribution in [2.24, 2.45) is 5.84 Å². The minimum Gasteiger partial charge on any atom is -0.271 e. The van der Waals surface area contributed by atoms with Crippen LogP contribution in [0.5, 0.6) is 0 Å². The van der Waals surface area contributed by atoms with E-state index < -0.39 is 0 Å². The van der Waals surface area contributed by atoms with Gasteiger partial charge in [0, 0.05) is 0 Å². The minimum atomic E-state index is -0.343. The molecule has 1 unspecified atom stereocenters. The zero-order valence-electron chi connectivity index (χ0n) is 10.2. The molecule has 94 valence electrons. The maximum absolute atomic E-state index is 12.8. The van der Waals surface area contributed by atoms with E-state index in [1.54, 1.807) is 6.07 Å². The molecule has 1 heterocycles. The lowest BCUT2D eigenvalue weighted by atomic mass is 10.0. The highest BCUT2D eigenvalue weighted by Gasteiger charge is 2.11. The Labute approximate surface area is 106 Å². The van der Waals surface area contributed by atoms with Crippen LogP contribution in [0.3, 0.4) is 0 Å². The molecule has 2 aromatic rings. The van der Waals surface area contributed by atoms with E-state index in [0.29, 0.717) is 0 Å². The molecule has 0 amide bonds. The molecule has 0 saturated heterocycles. The molecule has 0 spiro atoms. The van der Waals surface area contributed by atoms with E-state index in [-0.39, 0.29) is 11.9 Å². The summed E-state index contributed by atoms with van der Waals surface area (Å²) in [5.74, 6) is 5.19. The van der Waals surface area contributed by atoms with Gasteiger partial charge in [0.25, 0.3) is 0 Å². The number of aryl methyl sites for hydroxylation is 1. The van der Waals surface area contributed by atoms with Gasteiger partial charge in [0.1, 0.15) is 5.82 Å². The van der Waals surface area contributed by atoms with Crippen molar-refractivity contribution in [1.29, 1.82) is 0 Å². The van der Waals surface area contributed by atoms with Crippen molar-refractivity contribution >= 4 is 0 Å². The number of hydrogen-bond acceptors (Lipinski definition) is 3. The molecule has 0 aliphatic carbocycles. The van der Waals surface area contributed by atoms with Crippen LogP contribution in [0.1, 0.15) is 22.9 Å². The van der Waals surface area contributed by atoms with E-state index in [9.17, 15) is 4.39 Å². The highest BCUT2D eigenvalue weighted by molar-refractivity contribution is 5.23. The standard InChI is InChI=1S/C14H16FN3/c1-10-2-4-11(5-3-10)8-14(18-16)13-7-6-12(15)9-17-13/h2-7,9,14,18H,8,16H2,1H3. The summed E-state index contributed by atoms with van der Waals surface area (Å²) in [7, 11) is 0. The van der Waals surface area contributed by atoms with Gasteiger partial charge in [-0.15, -0.1) is 0 Å². The fourth-order valence-corrected chi connectivity index (χ4v) is 1.80. The molecule has 0 radical (unpaired) electrons. The molecule has 0 fully saturated rings. The lowest BCUT2D eigenvalue weighted by molar-refractivity contribution is 0.533. The zero-order valence-corrected chi connectivity index (χ0v) is 10.2. The van der Waals surface area contributed by atoms with E-state index in [1.807, 2.05) is 6.92 Å². The van der Waals surface area contributed by atoms with Gasteiger partial charge in [0.2, 0.25) is 0 Å². The van der Waals surface area contributed by atoms with Crippen molar-refractivity contribution < 1.29 is 4.39 Å². The first kappa shape index (κ1) is 12.7. The van der Waals surface area contributed by atoms with Crippen LogP contribution in [0.15, 0.2) is 42.6 Å². The maximum Gasteiger partial charge on any atom is 0.141 e. The first-order valence-corrected chi connectivity index (χ1v) is 5.82. The number of hydrazine groups is 1. The Bertz CT molecular complexity index is 493. The van der Waals surface area contributed by atoms with Crippen molar-refractivity contribution in [3.8, 4) is 0 Å². The third-order valence-corrected chi connectivity index (χ3v) is 2.87. The number of pyridine rings is 1. The Morgan fingerprint density at radius 3 is 2.50 bits per heavy atom. The van der Waals surface area contributed by atoms with Crippen LogP contribution in [-0.4, -0.2) is 4.98 Å². The maximum atomic E-state index is 12.8. The van der Waals surface area contributed by atoms with Gasteiger partial charge >= 0.3 is 0 Å². The molecule has 2 rings (SSSR count). The summed E-state index contributed by atoms with van der Waals surface area (Å²) >= 11 is 0. The Morgan fingerprint density at radius 1 is 1.22 bits per heavy atom. The predicted octanol–water partition coefficient (Wildman–Crippen LogP) is 2.28. The molecule has 0 aliphatic heterocycles. The quantitative estimate of drug-likeness (QED) is 0.642. The molecule has 1 atom stereocenters. The van der Waals surface area contributed by atoms with Crippen LogP contribution in [0, 0.1) is 12.7 Å². The number of halogens is 1. The van der Waals surface area contributed by atoms with E-state index in [1.165, 1.54) is 17.8 Å². The van der Waals surface area contributed by atoms with E-state index in [0.717, 1.165) is 17.7 Å². The van der Waals surface area contributed by atoms with E-state index in [2.05, 4.69) is 34.7 Å². The summed E-state index contributed by atoms with van der Waals surface area (Å²) in [6.07, 6.45) is 1.92. The zero-order chi connectivity index (χ0) is 13.0. The Balaban J connectivity index is 2.14. The molecule has 18 heavy (non-hydrogen) atoms. The third kappa shape index (κ3) is 3.12. The number of nitrogens with zero attached hydrogens (tertiary/aromatic N) is 1. The van der Waals surface area contributed by atoms with Crippen LogP contribution in [0.2, 0.25) is 0 Å². The molecule has 0 saturated carbocycles. The molecular weight excluding hydrogens is 229 g/mol. The van der Waals surface area contributed by atoms with Crippen LogP contribution in [0.4, 0.5) is 4.39 Å². The van der Waals surface area contributed by atoms with Gasteiger partial charge < -0.3 is 0 Å². The number of nitrogens with two attached hydrogens (primary N) is 1. The van der Waals surface area contributed by atoms with Crippen molar-refractivity contribution in [1.82, 2.24) is 10.4 Å². The Hall–Kier alpha value is -1.78. The van der Waals surface area contributed by atoms with Crippen LogP contribution < -0.4 is 11.3 Å². The summed E-state index contributed by atoms with van der Waals surface area (Å²) in [6, 6.07) is 11.2. The van der Waals surface area contributed by atoms with Gasteiger partial charge in [0.15, 0.2) is 0 Å². The number of nitrogens with one attached hydrogen (secondary N) is 1. The highest BCUT2D eigenvalue weighted by Crippen LogP contribution is 2.16. The number of rotatable bonds is 4. The minimum absolute atomic E-state index is 0.117. The lowest BCUT2D eigenvalue weighted by Crippen LogP contribution is -2.30. The summed E-state index contributed by atoms with van der Waals surface area (Å²) in [4.78, 5) is 4.05. The average molecular weight is 245 g/mol. The van der Waals surface area contributed by atoms with Crippen molar-refractivity contribution in [3.05, 3.63) is 65.2 Å². The normalized spacial score (nSPS) is 12.4. The fourth-order valence-electron chi connectivity index (χ4n) is 1.80. The molecular formula is C14H16FN3. The summed E-state index contributed by atoms with van der Waals surface area (Å²) in [5.41, 5.74) is 5.83. The van der Waals surface area contributed by atoms with E-state index >= 15 is 0 Å². The number of aromatic nitrogens is 1. The third-order valence-electron chi connectivity index (χ3n) is 2.87. The molecule has 1 aromatic heterocycles. The summed E-state index contributed by atoms with van der Waals surface area (Å²) in [5, 5.41) is 0. The predicted molar refractivity (Wildman–Crippen MR) is 69.1 cm³/mol. The fraction of sp³-hybridized carbons (Fsp3) is 0.214. The molecule has 0 aliphatic rings. The first-order chi connectivity index (χ1) is 8.69. The second kappa shape index (κ2) is 5.71. The highest BCUT2D eigenvalue weighted by atomic mass is 19.1. The van der Waals surface area contributed by atoms with E-state index in [4.69, 9.17) is 5.84 Å². The smallest absolute Gasteiger partial charge is 0.141 e. The van der Waals surface area contributed by atoms with Crippen molar-refractivity contribution in [2.45, 2.75) is 19.4 Å². The van der Waals surface area contributed by atoms with Crippen LogP contribution in [-0.2, 0) is 6.42 Å². The number of hydrogen-bond donors (Lipinski definition) is 2. The SMILES string of the molecule is Cc1ccc(CC(NN)c2ccc(F)cn2)cc1. The van der Waals surface area contributed by atoms with Crippen molar-refractivity contribution in [3.63, 3.8) is 0 Å². The average Bonchev–Trinajstić information content (AvgIpc) is 2.39. The first-order valence-electron chi connectivity index (χ1n) is 5.82. The summed E-state index contributed by atoms with van der Waals surface area (Å²) in [6.45, 7) is 2.05. The van der Waals surface area contributed by atoms with Gasteiger partial charge in [0.05, 0.1) is 17.9 Å². The largest absolute Gasteiger partial charge is 0.271 e. The van der Waals surface area contributed by atoms with Crippen LogP contribution in [0.25, 0.3) is 0 Å². The topological polar surface area (TPSA) is 50.9 Å². The van der Waals surface area contributed by atoms with Gasteiger partial charge in [-0.05, 0) is 31.0 Å². The Kier molecular flexibility index (Phi) is 4.02. The second-order valence-corrected chi connectivity index (χ2v) is 4.31. The molecule has 3 nitrogen and oxygen atoms in total. The van der Waals surface area contributed by atoms with Gasteiger partial charge in [-0.25, -0.2) is 4.39 Å².